The van der Waals surface area contributed by atoms with Crippen molar-refractivity contribution in [3.05, 3.63) is 0 Å². The summed E-state index contributed by atoms with van der Waals surface area (Å²) in [5, 5.41) is 0. The molecule has 0 aliphatic heterocycles. The van der Waals surface area contributed by atoms with Gasteiger partial charge in [-0.05, 0) is 20.5 Å². The van der Waals surface area contributed by atoms with Gasteiger partial charge in [-0.25, -0.2) is 0 Å². The molecule has 0 fully saturated rings. The molecule has 44 valence electrons. The Hall–Kier alpha value is -0.480. The quantitative estimate of drug-likeness (QED) is 0.448. The molecule has 0 N–H and O–H groups in total. The third-order valence-electron chi connectivity index (χ3n) is 1.43. The molecule has 0 saturated heterocycles. The number of hydrogen-bond acceptors (Lipinski definition) is 1. The highest BCUT2D eigenvalue weighted by Gasteiger charge is 2.09. The van der Waals surface area contributed by atoms with Gasteiger partial charge >= 0.3 is 0 Å². The van der Waals surface area contributed by atoms with E-state index in [9.17, 15) is 0 Å². The molecule has 1 rings (SSSR count). The Morgan fingerprint density at radius 3 is 2.50 bits per heavy atom. The largest absolute Gasteiger partial charge is 0.296 e. The van der Waals surface area contributed by atoms with Gasteiger partial charge in [-0.3, -0.25) is 4.90 Å². The molecule has 0 saturated carbocycles. The molecule has 1 aliphatic carbocycles. The third-order valence-corrected chi connectivity index (χ3v) is 1.43. The fourth-order valence-electron chi connectivity index (χ4n) is 0.858. The molecule has 0 spiro atoms. The molecular weight excluding hydrogens is 98.1 g/mol. The zero-order valence-corrected chi connectivity index (χ0v) is 5.44. The molecule has 1 unspecified atom stereocenters. The van der Waals surface area contributed by atoms with E-state index in [1.807, 2.05) is 0 Å². The number of nitrogens with zero attached hydrogens (tertiary/aromatic N) is 1. The molecule has 1 atom stereocenters. The molecule has 1 aliphatic rings. The van der Waals surface area contributed by atoms with Crippen molar-refractivity contribution >= 4 is 0 Å². The van der Waals surface area contributed by atoms with Crippen molar-refractivity contribution in [2.45, 2.75) is 18.9 Å². The minimum atomic E-state index is 0.537. The third kappa shape index (κ3) is 1.02. The molecule has 0 aromatic rings. The lowest BCUT2D eigenvalue weighted by molar-refractivity contribution is 0.346. The van der Waals surface area contributed by atoms with Crippen LogP contribution in [0.1, 0.15) is 12.8 Å². The summed E-state index contributed by atoms with van der Waals surface area (Å²) < 4.78 is 0. The summed E-state index contributed by atoms with van der Waals surface area (Å²) in [6.45, 7) is 0. The molecule has 0 amide bonds. The molecule has 1 heteroatoms. The van der Waals surface area contributed by atoms with E-state index < -0.39 is 0 Å². The molecule has 0 radical (unpaired) electrons. The Morgan fingerprint density at radius 1 is 1.50 bits per heavy atom. The maximum absolute atomic E-state index is 3.13. The Morgan fingerprint density at radius 2 is 2.25 bits per heavy atom. The van der Waals surface area contributed by atoms with E-state index in [0.717, 1.165) is 6.42 Å². The Balaban J connectivity index is 2.40. The molecule has 0 bridgehead atoms. The van der Waals surface area contributed by atoms with E-state index in [2.05, 4.69) is 30.8 Å². The Kier molecular flexibility index (Phi) is 1.55. The topological polar surface area (TPSA) is 3.24 Å². The van der Waals surface area contributed by atoms with E-state index >= 15 is 0 Å². The highest BCUT2D eigenvalue weighted by Crippen LogP contribution is 2.06. The lowest BCUT2D eigenvalue weighted by atomic mass is 10.2. The first kappa shape index (κ1) is 5.65. The van der Waals surface area contributed by atoms with Crippen LogP contribution in [0.3, 0.4) is 0 Å². The average Bonchev–Trinajstić information content (AvgIpc) is 2.12. The molecule has 1 nitrogen and oxygen atoms in total. The number of rotatable bonds is 1. The first-order valence-corrected chi connectivity index (χ1v) is 2.95. The number of hydrogen-bond donors (Lipinski definition) is 0. The first-order chi connectivity index (χ1) is 3.80. The van der Waals surface area contributed by atoms with Crippen molar-refractivity contribution in [2.24, 2.45) is 0 Å². The second-order valence-electron chi connectivity index (χ2n) is 2.34. The van der Waals surface area contributed by atoms with Crippen molar-refractivity contribution in [3.8, 4) is 11.8 Å². The zero-order valence-electron chi connectivity index (χ0n) is 5.44. The van der Waals surface area contributed by atoms with Crippen LogP contribution in [0.15, 0.2) is 0 Å². The van der Waals surface area contributed by atoms with Gasteiger partial charge in [0.1, 0.15) is 0 Å². The Labute approximate surface area is 50.7 Å². The summed E-state index contributed by atoms with van der Waals surface area (Å²) in [5.41, 5.74) is 0. The summed E-state index contributed by atoms with van der Waals surface area (Å²) in [6.07, 6.45) is 2.29. The SMILES string of the molecule is CN(C)C1C#CCC1. The summed E-state index contributed by atoms with van der Waals surface area (Å²) in [5.74, 6) is 6.19. The summed E-state index contributed by atoms with van der Waals surface area (Å²) >= 11 is 0. The van der Waals surface area contributed by atoms with Gasteiger partial charge in [-0.1, -0.05) is 5.92 Å². The highest BCUT2D eigenvalue weighted by molar-refractivity contribution is 5.14. The van der Waals surface area contributed by atoms with Crippen LogP contribution < -0.4 is 0 Å². The van der Waals surface area contributed by atoms with Crippen LogP contribution in [-0.4, -0.2) is 25.0 Å². The monoisotopic (exact) mass is 109 g/mol. The molecule has 0 aromatic heterocycles. The first-order valence-electron chi connectivity index (χ1n) is 2.95. The minimum absolute atomic E-state index is 0.537. The normalized spacial score (nSPS) is 25.6. The lowest BCUT2D eigenvalue weighted by Gasteiger charge is -2.13. The average molecular weight is 109 g/mol. The fraction of sp³-hybridized carbons (Fsp3) is 0.714. The van der Waals surface area contributed by atoms with Gasteiger partial charge in [-0.2, -0.15) is 0 Å². The predicted molar refractivity (Wildman–Crippen MR) is 34.5 cm³/mol. The van der Waals surface area contributed by atoms with Gasteiger partial charge in [0, 0.05) is 6.42 Å². The van der Waals surface area contributed by atoms with Crippen molar-refractivity contribution < 1.29 is 0 Å². The maximum Gasteiger partial charge on any atom is 0.0718 e. The van der Waals surface area contributed by atoms with Crippen LogP contribution in [0.2, 0.25) is 0 Å². The van der Waals surface area contributed by atoms with E-state index in [-0.39, 0.29) is 0 Å². The molecule has 8 heavy (non-hydrogen) atoms. The smallest absolute Gasteiger partial charge is 0.0718 e. The summed E-state index contributed by atoms with van der Waals surface area (Å²) in [6, 6.07) is 0.537. The van der Waals surface area contributed by atoms with Gasteiger partial charge in [-0.15, -0.1) is 5.92 Å². The summed E-state index contributed by atoms with van der Waals surface area (Å²) in [7, 11) is 4.15. The standard InChI is InChI=1S/C7H11N/c1-8(2)7-5-3-4-6-7/h7H,3,5H2,1-2H3. The second kappa shape index (κ2) is 2.19. The highest BCUT2D eigenvalue weighted by atomic mass is 15.1. The zero-order chi connectivity index (χ0) is 5.98. The van der Waals surface area contributed by atoms with Crippen molar-refractivity contribution in [2.75, 3.05) is 14.1 Å². The van der Waals surface area contributed by atoms with Crippen LogP contribution in [0.5, 0.6) is 0 Å². The van der Waals surface area contributed by atoms with Gasteiger partial charge < -0.3 is 0 Å². The molecule has 0 aromatic carbocycles. The van der Waals surface area contributed by atoms with Crippen molar-refractivity contribution in [3.63, 3.8) is 0 Å². The second-order valence-corrected chi connectivity index (χ2v) is 2.34. The van der Waals surface area contributed by atoms with E-state index in [1.165, 1.54) is 6.42 Å². The van der Waals surface area contributed by atoms with E-state index in [1.54, 1.807) is 0 Å². The van der Waals surface area contributed by atoms with Crippen LogP contribution in [0.4, 0.5) is 0 Å². The van der Waals surface area contributed by atoms with Crippen LogP contribution in [0, 0.1) is 11.8 Å². The van der Waals surface area contributed by atoms with Gasteiger partial charge in [0.25, 0.3) is 0 Å². The summed E-state index contributed by atoms with van der Waals surface area (Å²) in [4.78, 5) is 2.17. The van der Waals surface area contributed by atoms with Gasteiger partial charge in [0.15, 0.2) is 0 Å². The van der Waals surface area contributed by atoms with Crippen LogP contribution in [-0.2, 0) is 0 Å². The lowest BCUT2D eigenvalue weighted by Crippen LogP contribution is -2.23. The van der Waals surface area contributed by atoms with Gasteiger partial charge in [0.2, 0.25) is 0 Å². The van der Waals surface area contributed by atoms with Gasteiger partial charge in [0.05, 0.1) is 6.04 Å². The van der Waals surface area contributed by atoms with Crippen molar-refractivity contribution in [1.82, 2.24) is 4.90 Å². The van der Waals surface area contributed by atoms with Crippen molar-refractivity contribution in [1.29, 1.82) is 0 Å². The fourth-order valence-corrected chi connectivity index (χ4v) is 0.858. The van der Waals surface area contributed by atoms with E-state index in [4.69, 9.17) is 0 Å². The van der Waals surface area contributed by atoms with Crippen LogP contribution in [0.25, 0.3) is 0 Å². The predicted octanol–water partition coefficient (Wildman–Crippen LogP) is 0.714. The minimum Gasteiger partial charge on any atom is -0.296 e. The molecular formula is C7H11N. The molecule has 0 heterocycles. The van der Waals surface area contributed by atoms with E-state index in [0.29, 0.717) is 6.04 Å². The van der Waals surface area contributed by atoms with Crippen LogP contribution >= 0.6 is 0 Å². The Bertz CT molecular complexity index is 127. The maximum atomic E-state index is 3.13.